The predicted molar refractivity (Wildman–Crippen MR) is 157 cm³/mol. The average Bonchev–Trinajstić information content (AvgIpc) is 2.96. The molecular formula is C32H37BrN2O4. The Labute approximate surface area is 239 Å². The zero-order valence-electron chi connectivity index (χ0n) is 22.7. The van der Waals surface area contributed by atoms with Crippen molar-refractivity contribution >= 4 is 27.7 Å². The van der Waals surface area contributed by atoms with E-state index in [-0.39, 0.29) is 31.0 Å². The fraction of sp³-hybridized carbons (Fsp3) is 0.375. The molecule has 0 heterocycles. The number of rotatable bonds is 11. The molecular weight excluding hydrogens is 556 g/mol. The molecule has 39 heavy (non-hydrogen) atoms. The molecule has 0 spiro atoms. The molecule has 0 radical (unpaired) electrons. The third-order valence-electron chi connectivity index (χ3n) is 7.20. The topological polar surface area (TPSA) is 67.9 Å². The Morgan fingerprint density at radius 3 is 2.41 bits per heavy atom. The number of carbonyl (C=O) groups is 2. The highest BCUT2D eigenvalue weighted by atomic mass is 79.9. The van der Waals surface area contributed by atoms with E-state index < -0.39 is 6.04 Å². The van der Waals surface area contributed by atoms with Gasteiger partial charge in [-0.15, -0.1) is 0 Å². The molecule has 7 heteroatoms. The third kappa shape index (κ3) is 8.33. The molecule has 0 saturated heterocycles. The number of hydrogen-bond donors (Lipinski definition) is 1. The van der Waals surface area contributed by atoms with Gasteiger partial charge in [-0.2, -0.15) is 0 Å². The van der Waals surface area contributed by atoms with Crippen molar-refractivity contribution in [3.8, 4) is 11.5 Å². The second-order valence-corrected chi connectivity index (χ2v) is 11.0. The van der Waals surface area contributed by atoms with Gasteiger partial charge < -0.3 is 19.7 Å². The van der Waals surface area contributed by atoms with Crippen LogP contribution in [0, 0.1) is 6.92 Å². The maximum atomic E-state index is 13.9. The van der Waals surface area contributed by atoms with E-state index in [1.807, 2.05) is 79.7 Å². The molecule has 1 fully saturated rings. The molecule has 6 nitrogen and oxygen atoms in total. The first-order valence-corrected chi connectivity index (χ1v) is 14.4. The SMILES string of the molecule is COc1cccc(CN(C(=O)COc2ccc(Br)c(C)c2)C(Cc2ccccc2)C(=O)NC2CCCCC2)c1. The lowest BCUT2D eigenvalue weighted by molar-refractivity contribution is -0.143. The third-order valence-corrected chi connectivity index (χ3v) is 8.09. The molecule has 4 rings (SSSR count). The van der Waals surface area contributed by atoms with Crippen LogP contribution in [0.5, 0.6) is 11.5 Å². The molecule has 1 atom stereocenters. The van der Waals surface area contributed by atoms with Crippen molar-refractivity contribution in [3.05, 3.63) is 94.0 Å². The number of amides is 2. The van der Waals surface area contributed by atoms with Gasteiger partial charge in [0.15, 0.2) is 6.61 Å². The standard InChI is InChI=1S/C32H37BrN2O4/c1-23-18-28(16-17-29(23)33)39-22-31(36)35(21-25-12-9-15-27(19-25)38-2)30(20-24-10-5-3-6-11-24)32(37)34-26-13-7-4-8-14-26/h3,5-6,9-12,15-19,26,30H,4,7-8,13-14,20-22H2,1-2H3,(H,34,37). The smallest absolute Gasteiger partial charge is 0.261 e. The fourth-order valence-corrected chi connectivity index (χ4v) is 5.25. The van der Waals surface area contributed by atoms with E-state index in [0.29, 0.717) is 17.9 Å². The predicted octanol–water partition coefficient (Wildman–Crippen LogP) is 6.23. The normalized spacial score (nSPS) is 14.3. The monoisotopic (exact) mass is 592 g/mol. The number of methoxy groups -OCH3 is 1. The van der Waals surface area contributed by atoms with Crippen LogP contribution >= 0.6 is 15.9 Å². The van der Waals surface area contributed by atoms with E-state index in [1.165, 1.54) is 6.42 Å². The summed E-state index contributed by atoms with van der Waals surface area (Å²) in [5.74, 6) is 0.934. The zero-order chi connectivity index (χ0) is 27.6. The first kappa shape index (κ1) is 28.7. The van der Waals surface area contributed by atoms with Gasteiger partial charge in [0.1, 0.15) is 17.5 Å². The van der Waals surface area contributed by atoms with Gasteiger partial charge in [-0.25, -0.2) is 0 Å². The van der Waals surface area contributed by atoms with Crippen LogP contribution in [-0.2, 0) is 22.6 Å². The highest BCUT2D eigenvalue weighted by molar-refractivity contribution is 9.10. The van der Waals surface area contributed by atoms with Crippen LogP contribution in [0.1, 0.15) is 48.8 Å². The Morgan fingerprint density at radius 2 is 1.69 bits per heavy atom. The highest BCUT2D eigenvalue weighted by Crippen LogP contribution is 2.23. The minimum Gasteiger partial charge on any atom is -0.497 e. The van der Waals surface area contributed by atoms with Gasteiger partial charge in [-0.3, -0.25) is 9.59 Å². The number of ether oxygens (including phenoxy) is 2. The second kappa shape index (κ2) is 14.2. The van der Waals surface area contributed by atoms with Crippen LogP contribution in [0.2, 0.25) is 0 Å². The van der Waals surface area contributed by atoms with Gasteiger partial charge in [-0.05, 0) is 66.8 Å². The summed E-state index contributed by atoms with van der Waals surface area (Å²) in [7, 11) is 1.62. The lowest BCUT2D eigenvalue weighted by atomic mass is 9.94. The molecule has 3 aromatic rings. The Balaban J connectivity index is 1.62. The summed E-state index contributed by atoms with van der Waals surface area (Å²) in [6, 6.07) is 22.5. The molecule has 0 bridgehead atoms. The molecule has 1 aliphatic rings. The number of nitrogens with one attached hydrogen (secondary N) is 1. The van der Waals surface area contributed by atoms with Crippen LogP contribution in [0.15, 0.2) is 77.3 Å². The molecule has 0 aromatic heterocycles. The largest absolute Gasteiger partial charge is 0.497 e. The maximum Gasteiger partial charge on any atom is 0.261 e. The van der Waals surface area contributed by atoms with Gasteiger partial charge in [-0.1, -0.05) is 77.7 Å². The Hall–Kier alpha value is -3.32. The van der Waals surface area contributed by atoms with Crippen molar-refractivity contribution < 1.29 is 19.1 Å². The van der Waals surface area contributed by atoms with Crippen molar-refractivity contribution in [2.45, 2.75) is 64.1 Å². The Kier molecular flexibility index (Phi) is 10.4. The van der Waals surface area contributed by atoms with Gasteiger partial charge in [0.2, 0.25) is 5.91 Å². The zero-order valence-corrected chi connectivity index (χ0v) is 24.3. The van der Waals surface area contributed by atoms with Crippen LogP contribution < -0.4 is 14.8 Å². The number of aryl methyl sites for hydroxylation is 1. The number of carbonyl (C=O) groups excluding carboxylic acids is 2. The minimum absolute atomic E-state index is 0.124. The van der Waals surface area contributed by atoms with Gasteiger partial charge >= 0.3 is 0 Å². The van der Waals surface area contributed by atoms with Crippen LogP contribution in [0.25, 0.3) is 0 Å². The van der Waals surface area contributed by atoms with E-state index in [9.17, 15) is 9.59 Å². The summed E-state index contributed by atoms with van der Waals surface area (Å²) in [5.41, 5.74) is 2.89. The number of nitrogens with zero attached hydrogens (tertiary/aromatic N) is 1. The molecule has 1 aliphatic carbocycles. The Bertz CT molecular complexity index is 1240. The van der Waals surface area contributed by atoms with E-state index in [4.69, 9.17) is 9.47 Å². The van der Waals surface area contributed by atoms with E-state index in [1.54, 1.807) is 12.0 Å². The molecule has 206 valence electrons. The first-order chi connectivity index (χ1) is 18.9. The number of halogens is 1. The summed E-state index contributed by atoms with van der Waals surface area (Å²) in [4.78, 5) is 29.4. The number of benzene rings is 3. The van der Waals surface area contributed by atoms with E-state index >= 15 is 0 Å². The fourth-order valence-electron chi connectivity index (χ4n) is 5.00. The molecule has 1 saturated carbocycles. The summed E-state index contributed by atoms with van der Waals surface area (Å²) < 4.78 is 12.3. The lowest BCUT2D eigenvalue weighted by Crippen LogP contribution is -2.53. The quantitative estimate of drug-likeness (QED) is 0.286. The molecule has 1 N–H and O–H groups in total. The van der Waals surface area contributed by atoms with Crippen molar-refractivity contribution in [2.24, 2.45) is 0 Å². The van der Waals surface area contributed by atoms with Crippen molar-refractivity contribution in [2.75, 3.05) is 13.7 Å². The van der Waals surface area contributed by atoms with Gasteiger partial charge in [0.25, 0.3) is 5.91 Å². The molecule has 0 aliphatic heterocycles. The van der Waals surface area contributed by atoms with Gasteiger partial charge in [0, 0.05) is 23.5 Å². The average molecular weight is 594 g/mol. The molecule has 3 aromatic carbocycles. The van der Waals surface area contributed by atoms with Crippen molar-refractivity contribution in [1.82, 2.24) is 10.2 Å². The van der Waals surface area contributed by atoms with E-state index in [2.05, 4.69) is 21.2 Å². The van der Waals surface area contributed by atoms with E-state index in [0.717, 1.165) is 46.8 Å². The van der Waals surface area contributed by atoms with Crippen LogP contribution in [0.4, 0.5) is 0 Å². The van der Waals surface area contributed by atoms with Crippen LogP contribution in [0.3, 0.4) is 0 Å². The van der Waals surface area contributed by atoms with Gasteiger partial charge in [0.05, 0.1) is 7.11 Å². The number of hydrogen-bond acceptors (Lipinski definition) is 4. The minimum atomic E-state index is -0.691. The maximum absolute atomic E-state index is 13.9. The first-order valence-electron chi connectivity index (χ1n) is 13.6. The summed E-state index contributed by atoms with van der Waals surface area (Å²) in [5, 5.41) is 3.27. The Morgan fingerprint density at radius 1 is 0.949 bits per heavy atom. The lowest BCUT2D eigenvalue weighted by Gasteiger charge is -2.33. The summed E-state index contributed by atoms with van der Waals surface area (Å²) in [6.07, 6.45) is 5.78. The highest BCUT2D eigenvalue weighted by Gasteiger charge is 2.32. The van der Waals surface area contributed by atoms with Crippen LogP contribution in [-0.4, -0.2) is 42.5 Å². The molecule has 2 amide bonds. The summed E-state index contributed by atoms with van der Waals surface area (Å²) >= 11 is 3.50. The van der Waals surface area contributed by atoms with Crippen molar-refractivity contribution in [3.63, 3.8) is 0 Å². The molecule has 1 unspecified atom stereocenters. The second-order valence-electron chi connectivity index (χ2n) is 10.1. The van der Waals surface area contributed by atoms with Crippen molar-refractivity contribution in [1.29, 1.82) is 0 Å². The summed E-state index contributed by atoms with van der Waals surface area (Å²) in [6.45, 7) is 2.06.